The SMILES string of the molecule is CN(CCCCCCCn1cc(COCCOCCOCCNc2cccc3c2C(=O)N([C@@H]2CCC(=O)NC2=O)C3=O)nn1)CC[C@H](CSc1ccccc1)Nc1ccc(S(=O)(=O)NC(=O)c2ccc(N3CCN(CC4=C(c5ccc(Cl)cc5)CCC(C)(C)C4)CC3)cc2)cc1S(=O)(=O)C(F)(F)F. The number of nitrogens with one attached hydrogen (secondary N) is 4. The largest absolute Gasteiger partial charge is 0.501 e. The van der Waals surface area contributed by atoms with E-state index in [1.54, 1.807) is 28.9 Å². The minimum Gasteiger partial charge on any atom is -0.382 e. The van der Waals surface area contributed by atoms with Crippen LogP contribution in [0.3, 0.4) is 0 Å². The Kier molecular flexibility index (Phi) is 27.1. The predicted molar refractivity (Wildman–Crippen MR) is 388 cm³/mol. The summed E-state index contributed by atoms with van der Waals surface area (Å²) in [6, 6.07) is 29.4. The zero-order valence-electron chi connectivity index (χ0n) is 58.1. The average Bonchev–Trinajstić information content (AvgIpc) is 0.944. The molecular weight excluding hydrogens is 1410 g/mol. The highest BCUT2D eigenvalue weighted by Crippen LogP contribution is 2.43. The van der Waals surface area contributed by atoms with Crippen molar-refractivity contribution in [1.82, 2.24) is 39.7 Å². The van der Waals surface area contributed by atoms with Gasteiger partial charge < -0.3 is 34.6 Å². The fourth-order valence-corrected chi connectivity index (χ4v) is 16.2. The number of halogens is 4. The number of sulfonamides is 1. The van der Waals surface area contributed by atoms with E-state index in [2.05, 4.69) is 66.9 Å². The van der Waals surface area contributed by atoms with Gasteiger partial charge in [0.1, 0.15) is 16.6 Å². The first-order valence-electron chi connectivity index (χ1n) is 34.7. The van der Waals surface area contributed by atoms with E-state index < -0.39 is 82.5 Å². The van der Waals surface area contributed by atoms with Crippen LogP contribution in [-0.4, -0.2) is 192 Å². The van der Waals surface area contributed by atoms with E-state index in [0.29, 0.717) is 93.8 Å². The van der Waals surface area contributed by atoms with E-state index >= 15 is 0 Å². The van der Waals surface area contributed by atoms with Crippen LogP contribution < -0.4 is 25.6 Å². The molecule has 0 saturated carbocycles. The summed E-state index contributed by atoms with van der Waals surface area (Å²) in [7, 11) is -9.09. The smallest absolute Gasteiger partial charge is 0.382 e. The molecule has 2 fully saturated rings. The van der Waals surface area contributed by atoms with Crippen LogP contribution in [0.2, 0.25) is 5.02 Å². The van der Waals surface area contributed by atoms with E-state index in [4.69, 9.17) is 25.8 Å². The highest BCUT2D eigenvalue weighted by Gasteiger charge is 2.49. The van der Waals surface area contributed by atoms with Crippen molar-refractivity contribution in [2.24, 2.45) is 5.41 Å². The lowest BCUT2D eigenvalue weighted by molar-refractivity contribution is -0.136. The van der Waals surface area contributed by atoms with Gasteiger partial charge in [-0.25, -0.2) is 21.6 Å². The van der Waals surface area contributed by atoms with Gasteiger partial charge in [0.15, 0.2) is 0 Å². The number of fused-ring (bicyclic) bond motifs is 1. The summed E-state index contributed by atoms with van der Waals surface area (Å²) < 4.78 is 119. The quantitative estimate of drug-likeness (QED) is 0.0160. The third-order valence-electron chi connectivity index (χ3n) is 18.7. The number of imide groups is 2. The molecule has 4 aliphatic rings. The van der Waals surface area contributed by atoms with Crippen molar-refractivity contribution in [1.29, 1.82) is 0 Å². The third-order valence-corrected chi connectivity index (χ3v) is 23.0. The van der Waals surface area contributed by atoms with Crippen molar-refractivity contribution in [3.8, 4) is 0 Å². The molecule has 0 spiro atoms. The van der Waals surface area contributed by atoms with Crippen LogP contribution in [0.5, 0.6) is 0 Å². The van der Waals surface area contributed by atoms with Crippen molar-refractivity contribution < 1.29 is 68.2 Å². The number of alkyl halides is 3. The Bertz CT molecular complexity index is 4200. The van der Waals surface area contributed by atoms with E-state index in [-0.39, 0.29) is 48.2 Å². The number of sulfone groups is 1. The van der Waals surface area contributed by atoms with Gasteiger partial charge in [0.25, 0.3) is 37.6 Å². The number of benzene rings is 5. The predicted octanol–water partition coefficient (Wildman–Crippen LogP) is 10.7. The Morgan fingerprint density at radius 1 is 0.796 bits per heavy atom. The summed E-state index contributed by atoms with van der Waals surface area (Å²) >= 11 is 7.66. The van der Waals surface area contributed by atoms with Crippen LogP contribution in [-0.2, 0) is 56.8 Å². The van der Waals surface area contributed by atoms with E-state index in [1.807, 2.05) is 60.4 Å². The van der Waals surface area contributed by atoms with E-state index in [0.717, 1.165) is 105 Å². The van der Waals surface area contributed by atoms with Gasteiger partial charge in [-0.1, -0.05) is 91.9 Å². The molecule has 0 unspecified atom stereocenters. The third kappa shape index (κ3) is 21.3. The molecule has 30 heteroatoms. The normalized spacial score (nSPS) is 17.1. The number of anilines is 3. The average molecular weight is 1500 g/mol. The first kappa shape index (κ1) is 77.9. The molecule has 5 aromatic carbocycles. The van der Waals surface area contributed by atoms with Gasteiger partial charge in [-0.15, -0.1) is 16.9 Å². The van der Waals surface area contributed by atoms with Gasteiger partial charge >= 0.3 is 5.51 Å². The molecule has 2 saturated heterocycles. The fraction of sp³-hybridized carbons (Fsp3) is 0.466. The summed E-state index contributed by atoms with van der Waals surface area (Å²) in [4.78, 5) is 70.5. The highest BCUT2D eigenvalue weighted by atomic mass is 35.5. The molecule has 0 radical (unpaired) electrons. The van der Waals surface area contributed by atoms with Crippen LogP contribution in [0.15, 0.2) is 142 Å². The zero-order chi connectivity index (χ0) is 73.3. The second-order valence-corrected chi connectivity index (χ2v) is 32.1. The molecule has 554 valence electrons. The lowest BCUT2D eigenvalue weighted by atomic mass is 9.73. The molecule has 2 atom stereocenters. The number of aromatic nitrogens is 3. The van der Waals surface area contributed by atoms with Crippen LogP contribution >= 0.6 is 23.4 Å². The number of ether oxygens (including phenoxy) is 3. The van der Waals surface area contributed by atoms with Crippen LogP contribution in [0.1, 0.15) is 127 Å². The molecule has 5 amide bonds. The number of carbonyl (C=O) groups is 5. The molecule has 4 N–H and O–H groups in total. The molecule has 1 aliphatic carbocycles. The first-order chi connectivity index (χ1) is 49.3. The number of aryl methyl sites for hydroxylation is 1. The minimum atomic E-state index is -6.13. The van der Waals surface area contributed by atoms with Gasteiger partial charge in [0.2, 0.25) is 11.8 Å². The number of piperazine rings is 1. The van der Waals surface area contributed by atoms with E-state index in [1.165, 1.54) is 46.7 Å². The Labute approximate surface area is 608 Å². The van der Waals surface area contributed by atoms with Crippen molar-refractivity contribution in [3.05, 3.63) is 160 Å². The maximum absolute atomic E-state index is 14.5. The first-order valence-corrected chi connectivity index (χ1v) is 39.1. The van der Waals surface area contributed by atoms with Crippen molar-refractivity contribution >= 4 is 95.4 Å². The molecule has 0 bridgehead atoms. The molecule has 10 rings (SSSR count). The zero-order valence-corrected chi connectivity index (χ0v) is 61.3. The summed E-state index contributed by atoms with van der Waals surface area (Å²) in [5.41, 5.74) is 0.295. The van der Waals surface area contributed by atoms with E-state index in [9.17, 15) is 54.0 Å². The van der Waals surface area contributed by atoms with Crippen LogP contribution in [0.4, 0.5) is 30.2 Å². The monoisotopic (exact) mass is 1500 g/mol. The number of nitrogens with zero attached hydrogens (tertiary/aromatic N) is 7. The Balaban J connectivity index is 0.622. The van der Waals surface area contributed by atoms with Gasteiger partial charge in [-0.2, -0.15) is 13.2 Å². The van der Waals surface area contributed by atoms with Crippen LogP contribution in [0, 0.1) is 5.41 Å². The number of thioether (sulfide) groups is 1. The second-order valence-electron chi connectivity index (χ2n) is 27.0. The maximum atomic E-state index is 14.5. The number of hydrogen-bond donors (Lipinski definition) is 4. The van der Waals surface area contributed by atoms with Gasteiger partial charge in [-0.05, 0) is 160 Å². The molecule has 4 heterocycles. The number of carbonyl (C=O) groups excluding carboxylic acids is 5. The minimum absolute atomic E-state index is 0.0228. The maximum Gasteiger partial charge on any atom is 0.501 e. The number of amides is 5. The van der Waals surface area contributed by atoms with Gasteiger partial charge in [-0.3, -0.25) is 43.8 Å². The molecule has 6 aromatic rings. The molecular formula is C73H89ClF3N11O12S3. The standard InChI is InChI=1S/C73H89ClF3N11O12S3/c1-72(2)31-29-60(51-17-21-54(74)22-18-51)53(46-72)47-85-36-38-86(39-37-85)57-23-19-52(20-24-57)68(90)82-103(96,97)59-25-26-62(65(45-59)102(94,95)73(75,76)77)79-55(50-101-58-13-8-7-9-14-58)30-35-84(3)33-10-5-4-6-11-34-87-48-56(81-83-87)49-100-44-43-99-42-41-98-40-32-78-63-16-12-15-61-67(63)71(93)88(70(61)92)64-27-28-66(89)80-69(64)91/h7-9,12-26,45,48,55,64,78-79H,4-6,10-11,27-44,46-47,49-50H2,1-3H3,(H,82,90)(H,80,89,91)/t55-,64-/m1/s1. The summed E-state index contributed by atoms with van der Waals surface area (Å²) in [5, 5.41) is 17.5. The molecule has 3 aliphatic heterocycles. The summed E-state index contributed by atoms with van der Waals surface area (Å²) in [6.07, 6.45) is 10.1. The Morgan fingerprint density at radius 3 is 2.23 bits per heavy atom. The summed E-state index contributed by atoms with van der Waals surface area (Å²) in [5.74, 6) is -3.00. The molecule has 23 nitrogen and oxygen atoms in total. The topological polar surface area (TPSA) is 273 Å². The number of unbranched alkanes of at least 4 members (excludes halogenated alkanes) is 4. The van der Waals surface area contributed by atoms with Crippen molar-refractivity contribution in [2.45, 2.75) is 130 Å². The van der Waals surface area contributed by atoms with Gasteiger partial charge in [0, 0.05) is 90.9 Å². The molecule has 1 aromatic heterocycles. The number of allylic oxidation sites excluding steroid dienone is 1. The Hall–Kier alpha value is -7.74. The van der Waals surface area contributed by atoms with Crippen molar-refractivity contribution in [2.75, 3.05) is 114 Å². The van der Waals surface area contributed by atoms with Crippen LogP contribution in [0.25, 0.3) is 5.57 Å². The highest BCUT2D eigenvalue weighted by molar-refractivity contribution is 7.99. The molecule has 103 heavy (non-hydrogen) atoms. The fourth-order valence-electron chi connectivity index (χ4n) is 13.1. The summed E-state index contributed by atoms with van der Waals surface area (Å²) in [6.45, 7) is 12.6. The number of hydrogen-bond acceptors (Lipinski definition) is 20. The second kappa shape index (κ2) is 35.8. The number of piperidine rings is 1. The lowest BCUT2D eigenvalue weighted by Crippen LogP contribution is -2.54. The van der Waals surface area contributed by atoms with Gasteiger partial charge in [0.05, 0.1) is 67.5 Å². The van der Waals surface area contributed by atoms with Crippen molar-refractivity contribution in [3.63, 3.8) is 0 Å². The number of rotatable bonds is 37. The lowest BCUT2D eigenvalue weighted by Gasteiger charge is -2.39. The Morgan fingerprint density at radius 2 is 1.50 bits per heavy atom.